The van der Waals surface area contributed by atoms with Gasteiger partial charge in [0.1, 0.15) is 0 Å². The molecule has 0 spiro atoms. The lowest BCUT2D eigenvalue weighted by Crippen LogP contribution is -2.15. The summed E-state index contributed by atoms with van der Waals surface area (Å²) in [4.78, 5) is 22.4. The molecule has 0 saturated heterocycles. The lowest BCUT2D eigenvalue weighted by molar-refractivity contribution is 0.428. The summed E-state index contributed by atoms with van der Waals surface area (Å²) in [6, 6.07) is 8.70. The summed E-state index contributed by atoms with van der Waals surface area (Å²) in [6.45, 7) is 3.64. The van der Waals surface area contributed by atoms with E-state index in [0.29, 0.717) is 11.4 Å². The maximum Gasteiger partial charge on any atom is 0.330 e. The van der Waals surface area contributed by atoms with Gasteiger partial charge in [-0.25, -0.2) is 9.78 Å². The van der Waals surface area contributed by atoms with E-state index in [9.17, 15) is 9.18 Å². The summed E-state index contributed by atoms with van der Waals surface area (Å²) in [6.07, 6.45) is 3.08. The molecule has 0 amide bonds. The first-order chi connectivity index (χ1) is 12.5. The Balaban J connectivity index is 1.68. The highest BCUT2D eigenvalue weighted by Crippen LogP contribution is 2.25. The molecule has 1 N–H and O–H groups in total. The zero-order valence-electron chi connectivity index (χ0n) is 14.0. The van der Waals surface area contributed by atoms with Crippen LogP contribution in [0, 0.1) is 19.8 Å². The highest BCUT2D eigenvalue weighted by atomic mass is 19.1. The minimum absolute atomic E-state index is 0.0653. The molecule has 1 aromatic carbocycles. The molecule has 0 unspecified atom stereocenters. The van der Waals surface area contributed by atoms with E-state index in [1.54, 1.807) is 48.0 Å². The van der Waals surface area contributed by atoms with Crippen LogP contribution in [-0.4, -0.2) is 24.7 Å². The van der Waals surface area contributed by atoms with Crippen molar-refractivity contribution in [3.05, 3.63) is 70.4 Å². The van der Waals surface area contributed by atoms with E-state index >= 15 is 0 Å². The van der Waals surface area contributed by atoms with Crippen molar-refractivity contribution in [3.8, 4) is 28.5 Å². The number of hydrogen-bond acceptors (Lipinski definition) is 5. The van der Waals surface area contributed by atoms with Crippen LogP contribution in [0.4, 0.5) is 4.39 Å². The Morgan fingerprint density at radius 3 is 2.65 bits per heavy atom. The molecule has 26 heavy (non-hydrogen) atoms. The van der Waals surface area contributed by atoms with Crippen molar-refractivity contribution < 1.29 is 8.91 Å². The fraction of sp³-hybridized carbons (Fsp3) is 0.111. The molecule has 3 aromatic heterocycles. The molecule has 4 aromatic rings. The molecule has 0 aliphatic heterocycles. The third-order valence-electron chi connectivity index (χ3n) is 3.98. The van der Waals surface area contributed by atoms with Gasteiger partial charge >= 0.3 is 5.69 Å². The summed E-state index contributed by atoms with van der Waals surface area (Å²) < 4.78 is 20.6. The van der Waals surface area contributed by atoms with E-state index in [1.807, 2.05) is 6.92 Å². The van der Waals surface area contributed by atoms with Gasteiger partial charge in [0.2, 0.25) is 11.8 Å². The maximum absolute atomic E-state index is 13.9. The van der Waals surface area contributed by atoms with Crippen LogP contribution in [0.25, 0.3) is 28.5 Å². The van der Waals surface area contributed by atoms with Crippen molar-refractivity contribution in [2.45, 2.75) is 13.8 Å². The van der Waals surface area contributed by atoms with E-state index in [-0.39, 0.29) is 17.1 Å². The lowest BCUT2D eigenvalue weighted by Gasteiger charge is -2.04. The molecule has 0 aliphatic rings. The predicted molar refractivity (Wildman–Crippen MR) is 92.3 cm³/mol. The number of aromatic nitrogens is 5. The highest BCUT2D eigenvalue weighted by molar-refractivity contribution is 5.61. The predicted octanol–water partition coefficient (Wildman–Crippen LogP) is 3.03. The number of imidazole rings is 1. The summed E-state index contributed by atoms with van der Waals surface area (Å²) in [5, 5.41) is 3.91. The third kappa shape index (κ3) is 2.71. The number of pyridine rings is 1. The van der Waals surface area contributed by atoms with Gasteiger partial charge in [-0.3, -0.25) is 4.57 Å². The highest BCUT2D eigenvalue weighted by Gasteiger charge is 2.16. The second-order valence-corrected chi connectivity index (χ2v) is 5.89. The van der Waals surface area contributed by atoms with Gasteiger partial charge < -0.3 is 9.51 Å². The van der Waals surface area contributed by atoms with Crippen LogP contribution in [-0.2, 0) is 0 Å². The molecule has 3 heterocycles. The zero-order valence-corrected chi connectivity index (χ0v) is 14.0. The van der Waals surface area contributed by atoms with Crippen molar-refractivity contribution in [2.24, 2.45) is 0 Å². The van der Waals surface area contributed by atoms with Gasteiger partial charge in [-0.1, -0.05) is 5.16 Å². The average Bonchev–Trinajstić information content (AvgIpc) is 3.24. The van der Waals surface area contributed by atoms with Crippen LogP contribution in [0.5, 0.6) is 0 Å². The molecule has 4 rings (SSSR count). The Morgan fingerprint density at radius 1 is 1.19 bits per heavy atom. The van der Waals surface area contributed by atoms with Crippen molar-refractivity contribution in [3.63, 3.8) is 0 Å². The molecular weight excluding hydrogens is 337 g/mol. The first-order valence-corrected chi connectivity index (χ1v) is 7.87. The Bertz CT molecular complexity index is 1140. The summed E-state index contributed by atoms with van der Waals surface area (Å²) in [5.74, 6) is -0.274. The van der Waals surface area contributed by atoms with E-state index in [1.165, 1.54) is 6.20 Å². The lowest BCUT2D eigenvalue weighted by atomic mass is 10.2. The van der Waals surface area contributed by atoms with E-state index in [4.69, 9.17) is 4.52 Å². The van der Waals surface area contributed by atoms with Gasteiger partial charge in [0.15, 0.2) is 0 Å². The number of nitrogens with one attached hydrogen (secondary N) is 1. The number of halogens is 1. The molecule has 0 bridgehead atoms. The largest absolute Gasteiger partial charge is 0.333 e. The van der Waals surface area contributed by atoms with E-state index < -0.39 is 5.95 Å². The van der Waals surface area contributed by atoms with Crippen molar-refractivity contribution in [1.29, 1.82) is 0 Å². The fourth-order valence-electron chi connectivity index (χ4n) is 2.69. The Labute approximate surface area is 147 Å². The molecule has 0 radical (unpaired) electrons. The van der Waals surface area contributed by atoms with Crippen molar-refractivity contribution in [2.75, 3.05) is 0 Å². The molecule has 0 atom stereocenters. The first-order valence-electron chi connectivity index (χ1n) is 7.87. The van der Waals surface area contributed by atoms with Crippen LogP contribution in [0.3, 0.4) is 0 Å². The number of aromatic amines is 1. The maximum atomic E-state index is 13.9. The van der Waals surface area contributed by atoms with E-state index in [2.05, 4.69) is 20.1 Å². The number of hydrogen-bond donors (Lipinski definition) is 1. The summed E-state index contributed by atoms with van der Waals surface area (Å²) in [7, 11) is 0. The zero-order chi connectivity index (χ0) is 18.3. The average molecular weight is 351 g/mol. The third-order valence-corrected chi connectivity index (χ3v) is 3.98. The van der Waals surface area contributed by atoms with Crippen LogP contribution >= 0.6 is 0 Å². The van der Waals surface area contributed by atoms with Crippen LogP contribution in [0.2, 0.25) is 0 Å². The summed E-state index contributed by atoms with van der Waals surface area (Å²) in [5.41, 5.74) is 2.94. The second-order valence-electron chi connectivity index (χ2n) is 5.89. The smallest absolute Gasteiger partial charge is 0.330 e. The van der Waals surface area contributed by atoms with Gasteiger partial charge in [0, 0.05) is 23.7 Å². The number of benzene rings is 1. The van der Waals surface area contributed by atoms with Gasteiger partial charge in [-0.2, -0.15) is 9.37 Å². The number of H-pyrrole nitrogens is 1. The number of nitrogens with zero attached hydrogens (tertiary/aromatic N) is 4. The Morgan fingerprint density at radius 2 is 1.96 bits per heavy atom. The van der Waals surface area contributed by atoms with Crippen LogP contribution in [0.1, 0.15) is 11.3 Å². The monoisotopic (exact) mass is 351 g/mol. The van der Waals surface area contributed by atoms with Crippen molar-refractivity contribution in [1.82, 2.24) is 24.7 Å². The minimum atomic E-state index is -0.663. The van der Waals surface area contributed by atoms with Crippen LogP contribution in [0.15, 0.2) is 52.0 Å². The molecule has 0 saturated carbocycles. The Kier molecular flexibility index (Phi) is 3.72. The summed E-state index contributed by atoms with van der Waals surface area (Å²) >= 11 is 0. The van der Waals surface area contributed by atoms with Gasteiger partial charge in [-0.15, -0.1) is 0 Å². The van der Waals surface area contributed by atoms with Gasteiger partial charge in [0.05, 0.1) is 11.3 Å². The molecular formula is C18H14FN5O2. The number of aryl methyl sites for hydroxylation is 2. The Hall–Kier alpha value is -3.55. The normalized spacial score (nSPS) is 11.0. The second kappa shape index (κ2) is 6.07. The molecule has 0 fully saturated rings. The number of rotatable bonds is 3. The van der Waals surface area contributed by atoms with Crippen molar-refractivity contribution >= 4 is 0 Å². The SMILES string of the molecule is Cc1cnc(F)c(-c2nc(-c3ccc(-n4c(C)c[nH]c4=O)cc3)no2)c1. The standard InChI is InChI=1S/C18H14FN5O2/c1-10-7-14(15(19)20-8-10)17-22-16(23-26-17)12-3-5-13(6-4-12)24-11(2)9-21-18(24)25/h3-9H,1-2H3,(H,21,25). The van der Waals surface area contributed by atoms with Gasteiger partial charge in [0.25, 0.3) is 5.89 Å². The molecule has 0 aliphatic carbocycles. The quantitative estimate of drug-likeness (QED) is 0.573. The topological polar surface area (TPSA) is 89.6 Å². The molecule has 8 heteroatoms. The molecule has 7 nitrogen and oxygen atoms in total. The van der Waals surface area contributed by atoms with Crippen LogP contribution < -0.4 is 5.69 Å². The van der Waals surface area contributed by atoms with Gasteiger partial charge in [-0.05, 0) is 49.7 Å². The fourth-order valence-corrected chi connectivity index (χ4v) is 2.69. The molecule has 130 valence electrons. The first kappa shape index (κ1) is 15.9. The minimum Gasteiger partial charge on any atom is -0.333 e. The van der Waals surface area contributed by atoms with E-state index in [0.717, 1.165) is 16.9 Å².